The van der Waals surface area contributed by atoms with E-state index in [-0.39, 0.29) is 36.3 Å². The highest BCUT2D eigenvalue weighted by Crippen LogP contribution is 2.25. The summed E-state index contributed by atoms with van der Waals surface area (Å²) in [6, 6.07) is 5.98. The van der Waals surface area contributed by atoms with E-state index in [9.17, 15) is 17.6 Å². The molecule has 2 heterocycles. The van der Waals surface area contributed by atoms with Gasteiger partial charge in [-0.25, -0.2) is 17.1 Å². The van der Waals surface area contributed by atoms with Crippen molar-refractivity contribution < 1.29 is 17.6 Å². The van der Waals surface area contributed by atoms with Crippen LogP contribution in [0.3, 0.4) is 0 Å². The Bertz CT molecular complexity index is 771. The molecule has 0 bridgehead atoms. The monoisotopic (exact) mass is 398 g/mol. The maximum Gasteiger partial charge on any atom is 0.223 e. The van der Waals surface area contributed by atoms with Crippen LogP contribution in [0.1, 0.15) is 32.3 Å². The van der Waals surface area contributed by atoms with Crippen molar-refractivity contribution in [3.05, 3.63) is 35.6 Å². The van der Waals surface area contributed by atoms with Crippen LogP contribution < -0.4 is 16.2 Å². The molecule has 2 aliphatic heterocycles. The molecule has 7 nitrogen and oxygen atoms in total. The number of nitrogens with zero attached hydrogens (tertiary/aromatic N) is 1. The number of carbonyl (C=O) groups is 1. The zero-order valence-electron chi connectivity index (χ0n) is 15.6. The van der Waals surface area contributed by atoms with Crippen molar-refractivity contribution in [3.63, 3.8) is 0 Å². The Labute approximate surface area is 159 Å². The summed E-state index contributed by atoms with van der Waals surface area (Å²) in [5, 5.41) is 2.24. The van der Waals surface area contributed by atoms with Gasteiger partial charge in [-0.2, -0.15) is 0 Å². The summed E-state index contributed by atoms with van der Waals surface area (Å²) >= 11 is 0. The van der Waals surface area contributed by atoms with Crippen LogP contribution >= 0.6 is 0 Å². The van der Waals surface area contributed by atoms with Crippen molar-refractivity contribution in [2.75, 3.05) is 13.1 Å². The summed E-state index contributed by atoms with van der Waals surface area (Å²) in [7, 11) is -3.44. The second-order valence-electron chi connectivity index (χ2n) is 7.36. The first-order chi connectivity index (χ1) is 12.8. The molecule has 0 aromatic heterocycles. The number of carbonyl (C=O) groups excluding carboxylic acids is 1. The van der Waals surface area contributed by atoms with Crippen molar-refractivity contribution in [2.45, 2.75) is 50.6 Å². The first-order valence-electron chi connectivity index (χ1n) is 9.32. The minimum absolute atomic E-state index is 0.137. The third kappa shape index (κ3) is 4.31. The number of halogens is 1. The predicted molar refractivity (Wildman–Crippen MR) is 100 cm³/mol. The number of benzene rings is 1. The summed E-state index contributed by atoms with van der Waals surface area (Å²) in [4.78, 5) is 12.4. The lowest BCUT2D eigenvalue weighted by Gasteiger charge is -2.33. The van der Waals surface area contributed by atoms with Crippen LogP contribution in [0, 0.1) is 11.7 Å². The molecular weight excluding hydrogens is 371 g/mol. The van der Waals surface area contributed by atoms with Crippen molar-refractivity contribution in [3.8, 4) is 0 Å². The van der Waals surface area contributed by atoms with Crippen molar-refractivity contribution in [2.24, 2.45) is 5.92 Å². The SMILES string of the molecule is CC1NNC(C)C1S(=O)(=O)N1CCC(C(=O)NCc2ccccc2F)CC1. The normalized spacial score (nSPS) is 27.6. The van der Waals surface area contributed by atoms with E-state index >= 15 is 0 Å². The summed E-state index contributed by atoms with van der Waals surface area (Å²) in [5.41, 5.74) is 6.40. The molecule has 27 heavy (non-hydrogen) atoms. The van der Waals surface area contributed by atoms with E-state index in [4.69, 9.17) is 0 Å². The van der Waals surface area contributed by atoms with Gasteiger partial charge in [-0.1, -0.05) is 18.2 Å². The third-order valence-corrected chi connectivity index (χ3v) is 8.05. The summed E-state index contributed by atoms with van der Waals surface area (Å²) in [5.74, 6) is -0.750. The fourth-order valence-corrected chi connectivity index (χ4v) is 6.12. The van der Waals surface area contributed by atoms with E-state index in [0.717, 1.165) is 0 Å². The van der Waals surface area contributed by atoms with Gasteiger partial charge in [0, 0.05) is 43.2 Å². The lowest BCUT2D eigenvalue weighted by Crippen LogP contribution is -2.50. The molecule has 150 valence electrons. The van der Waals surface area contributed by atoms with Crippen molar-refractivity contribution in [1.82, 2.24) is 20.5 Å². The number of amides is 1. The van der Waals surface area contributed by atoms with E-state index < -0.39 is 15.3 Å². The Hall–Kier alpha value is -1.55. The van der Waals surface area contributed by atoms with Crippen LogP contribution in [0.2, 0.25) is 0 Å². The van der Waals surface area contributed by atoms with Gasteiger partial charge in [0.05, 0.1) is 0 Å². The maximum atomic E-state index is 13.6. The Morgan fingerprint density at radius 3 is 2.37 bits per heavy atom. The van der Waals surface area contributed by atoms with Gasteiger partial charge in [0.2, 0.25) is 15.9 Å². The second kappa shape index (κ2) is 8.22. The summed E-state index contributed by atoms with van der Waals surface area (Å²) < 4.78 is 41.0. The molecule has 1 aromatic rings. The Morgan fingerprint density at radius 2 is 1.78 bits per heavy atom. The van der Waals surface area contributed by atoms with E-state index in [2.05, 4.69) is 16.2 Å². The first kappa shape index (κ1) is 20.2. The van der Waals surface area contributed by atoms with E-state index in [1.807, 2.05) is 13.8 Å². The first-order valence-corrected chi connectivity index (χ1v) is 10.8. The number of piperidine rings is 1. The molecular formula is C18H27FN4O3S. The molecule has 0 aliphatic carbocycles. The van der Waals surface area contributed by atoms with Gasteiger partial charge in [-0.15, -0.1) is 0 Å². The number of hydrazine groups is 1. The predicted octanol–water partition coefficient (Wildman–Crippen LogP) is 0.737. The van der Waals surface area contributed by atoms with Crippen molar-refractivity contribution in [1.29, 1.82) is 0 Å². The van der Waals surface area contributed by atoms with E-state index in [1.165, 1.54) is 10.4 Å². The highest BCUT2D eigenvalue weighted by atomic mass is 32.2. The molecule has 3 N–H and O–H groups in total. The number of nitrogens with one attached hydrogen (secondary N) is 3. The van der Waals surface area contributed by atoms with Crippen LogP contribution in [0.25, 0.3) is 0 Å². The van der Waals surface area contributed by atoms with Gasteiger partial charge in [0.25, 0.3) is 0 Å². The number of hydrogen-bond donors (Lipinski definition) is 3. The molecule has 1 amide bonds. The molecule has 1 aromatic carbocycles. The lowest BCUT2D eigenvalue weighted by molar-refractivity contribution is -0.126. The van der Waals surface area contributed by atoms with Crippen LogP contribution in [-0.2, 0) is 21.4 Å². The Morgan fingerprint density at radius 1 is 1.19 bits per heavy atom. The molecule has 9 heteroatoms. The van der Waals surface area contributed by atoms with Gasteiger partial charge in [0.1, 0.15) is 11.1 Å². The van der Waals surface area contributed by atoms with Crippen LogP contribution in [0.15, 0.2) is 24.3 Å². The molecule has 2 fully saturated rings. The highest BCUT2D eigenvalue weighted by molar-refractivity contribution is 7.89. The quantitative estimate of drug-likeness (QED) is 0.681. The molecule has 0 spiro atoms. The average Bonchev–Trinajstić information content (AvgIpc) is 3.00. The molecule has 0 radical (unpaired) electrons. The minimum atomic E-state index is -3.44. The topological polar surface area (TPSA) is 90.5 Å². The fourth-order valence-electron chi connectivity index (χ4n) is 3.89. The van der Waals surface area contributed by atoms with Crippen LogP contribution in [-0.4, -0.2) is 49.1 Å². The van der Waals surface area contributed by atoms with Crippen LogP contribution in [0.5, 0.6) is 0 Å². The second-order valence-corrected chi connectivity index (χ2v) is 9.45. The zero-order chi connectivity index (χ0) is 19.6. The number of sulfonamides is 1. The Kier molecular flexibility index (Phi) is 6.15. The van der Waals surface area contributed by atoms with Crippen LogP contribution in [0.4, 0.5) is 4.39 Å². The summed E-state index contributed by atoms with van der Waals surface area (Å²) in [6.45, 7) is 4.49. The number of rotatable bonds is 5. The van der Waals surface area contributed by atoms with Gasteiger partial charge >= 0.3 is 0 Å². The standard InChI is InChI=1S/C18H27FN4O3S/c1-12-17(13(2)22-21-12)27(25,26)23-9-7-14(8-10-23)18(24)20-11-15-5-3-4-6-16(15)19/h3-6,12-14,17,21-22H,7-11H2,1-2H3,(H,20,24). The summed E-state index contributed by atoms with van der Waals surface area (Å²) in [6.07, 6.45) is 0.942. The average molecular weight is 399 g/mol. The largest absolute Gasteiger partial charge is 0.352 e. The number of hydrogen-bond acceptors (Lipinski definition) is 5. The smallest absolute Gasteiger partial charge is 0.223 e. The van der Waals surface area contributed by atoms with Crippen molar-refractivity contribution >= 4 is 15.9 Å². The molecule has 2 aliphatic rings. The van der Waals surface area contributed by atoms with E-state index in [1.54, 1.807) is 18.2 Å². The molecule has 3 rings (SSSR count). The molecule has 2 atom stereocenters. The molecule has 2 unspecified atom stereocenters. The highest BCUT2D eigenvalue weighted by Gasteiger charge is 2.44. The van der Waals surface area contributed by atoms with E-state index in [0.29, 0.717) is 31.5 Å². The van der Waals surface area contributed by atoms with Gasteiger partial charge in [-0.05, 0) is 32.8 Å². The van der Waals surface area contributed by atoms with Gasteiger partial charge in [0.15, 0.2) is 0 Å². The molecule has 0 saturated carbocycles. The van der Waals surface area contributed by atoms with Gasteiger partial charge < -0.3 is 5.32 Å². The maximum absolute atomic E-state index is 13.6. The third-order valence-electron chi connectivity index (χ3n) is 5.46. The zero-order valence-corrected chi connectivity index (χ0v) is 16.4. The van der Waals surface area contributed by atoms with Gasteiger partial charge in [-0.3, -0.25) is 15.6 Å². The minimum Gasteiger partial charge on any atom is -0.352 e. The Balaban J connectivity index is 1.54. The lowest BCUT2D eigenvalue weighted by atomic mass is 9.97. The fraction of sp³-hybridized carbons (Fsp3) is 0.611. The molecule has 2 saturated heterocycles.